The van der Waals surface area contributed by atoms with Crippen molar-refractivity contribution in [1.29, 1.82) is 0 Å². The van der Waals surface area contributed by atoms with Crippen molar-refractivity contribution in [3.05, 3.63) is 34.9 Å². The van der Waals surface area contributed by atoms with Gasteiger partial charge in [-0.2, -0.15) is 0 Å². The average Bonchev–Trinajstić information content (AvgIpc) is 3.46. The maximum absolute atomic E-state index is 14.2. The summed E-state index contributed by atoms with van der Waals surface area (Å²) in [5.74, 6) is -0.356. The summed E-state index contributed by atoms with van der Waals surface area (Å²) in [7, 11) is 0. The molecule has 202 valence electrons. The lowest BCUT2D eigenvalue weighted by Gasteiger charge is -2.37. The number of benzene rings is 1. The molecular weight excluding hydrogens is 454 g/mol. The fourth-order valence-corrected chi connectivity index (χ4v) is 4.60. The van der Waals surface area contributed by atoms with E-state index in [1.165, 1.54) is 0 Å². The van der Waals surface area contributed by atoms with Gasteiger partial charge in [-0.3, -0.25) is 9.59 Å². The van der Waals surface area contributed by atoms with Crippen molar-refractivity contribution in [3.63, 3.8) is 0 Å². The molecular formula is C29H47N3O4. The number of ether oxygens (including phenoxy) is 1. The zero-order valence-corrected chi connectivity index (χ0v) is 23.9. The lowest BCUT2D eigenvalue weighted by Crippen LogP contribution is -2.56. The minimum absolute atomic E-state index is 0.00974. The molecule has 1 aromatic carbocycles. The maximum Gasteiger partial charge on any atom is 0.408 e. The molecule has 0 radical (unpaired) electrons. The van der Waals surface area contributed by atoms with Gasteiger partial charge in [0.1, 0.15) is 17.7 Å². The van der Waals surface area contributed by atoms with Gasteiger partial charge in [-0.15, -0.1) is 0 Å². The number of nitrogens with zero attached hydrogens (tertiary/aromatic N) is 1. The van der Waals surface area contributed by atoms with E-state index in [2.05, 4.69) is 24.5 Å². The Morgan fingerprint density at radius 3 is 2.22 bits per heavy atom. The summed E-state index contributed by atoms with van der Waals surface area (Å²) < 4.78 is 5.45. The van der Waals surface area contributed by atoms with E-state index >= 15 is 0 Å². The number of rotatable bonds is 10. The van der Waals surface area contributed by atoms with E-state index in [9.17, 15) is 14.4 Å². The molecule has 2 N–H and O–H groups in total. The standard InChI is InChI=1S/C29H47N3O4/c1-11-13-20(6)30-26(33)25(22-15-12-14-18(4)21(22)7)32(23-16-19(23)5)27(34)24(17(2)3)31-28(35)36-29(8,9)10/h12,14-15,17,19-20,23-25H,11,13,16H2,1-10H3,(H,30,33)(H,31,35). The molecule has 2 rings (SSSR count). The molecule has 0 spiro atoms. The molecule has 0 aromatic heterocycles. The van der Waals surface area contributed by atoms with E-state index in [1.807, 2.05) is 52.8 Å². The van der Waals surface area contributed by atoms with Gasteiger partial charge in [0.15, 0.2) is 0 Å². The first-order chi connectivity index (χ1) is 16.7. The topological polar surface area (TPSA) is 87.7 Å². The van der Waals surface area contributed by atoms with Crippen LogP contribution in [-0.2, 0) is 14.3 Å². The second-order valence-corrected chi connectivity index (χ2v) is 11.8. The Morgan fingerprint density at radius 1 is 1.11 bits per heavy atom. The highest BCUT2D eigenvalue weighted by molar-refractivity contribution is 5.93. The van der Waals surface area contributed by atoms with E-state index in [-0.39, 0.29) is 35.7 Å². The minimum Gasteiger partial charge on any atom is -0.444 e. The first-order valence-corrected chi connectivity index (χ1v) is 13.4. The monoisotopic (exact) mass is 501 g/mol. The van der Waals surface area contributed by atoms with Gasteiger partial charge in [0.2, 0.25) is 11.8 Å². The average molecular weight is 502 g/mol. The number of hydrogen-bond acceptors (Lipinski definition) is 4. The van der Waals surface area contributed by atoms with Gasteiger partial charge < -0.3 is 20.3 Å². The molecule has 0 bridgehead atoms. The quantitative estimate of drug-likeness (QED) is 0.447. The van der Waals surface area contributed by atoms with Crippen molar-refractivity contribution < 1.29 is 19.1 Å². The van der Waals surface area contributed by atoms with Crippen molar-refractivity contribution in [2.75, 3.05) is 0 Å². The Bertz CT molecular complexity index is 937. The predicted octanol–water partition coefficient (Wildman–Crippen LogP) is 5.44. The van der Waals surface area contributed by atoms with Gasteiger partial charge in [-0.1, -0.05) is 52.3 Å². The molecule has 0 saturated heterocycles. The van der Waals surface area contributed by atoms with E-state index < -0.39 is 23.8 Å². The van der Waals surface area contributed by atoms with Crippen LogP contribution in [0, 0.1) is 25.7 Å². The highest BCUT2D eigenvalue weighted by atomic mass is 16.6. The van der Waals surface area contributed by atoms with E-state index in [4.69, 9.17) is 4.74 Å². The fraction of sp³-hybridized carbons (Fsp3) is 0.690. The lowest BCUT2D eigenvalue weighted by atomic mass is 9.93. The van der Waals surface area contributed by atoms with E-state index in [1.54, 1.807) is 25.7 Å². The summed E-state index contributed by atoms with van der Waals surface area (Å²) in [6.45, 7) is 19.3. The van der Waals surface area contributed by atoms with Gasteiger partial charge in [0.25, 0.3) is 0 Å². The number of amides is 3. The largest absolute Gasteiger partial charge is 0.444 e. The minimum atomic E-state index is -0.818. The third-order valence-electron chi connectivity index (χ3n) is 6.86. The van der Waals surface area contributed by atoms with Crippen LogP contribution in [0.4, 0.5) is 4.79 Å². The van der Waals surface area contributed by atoms with Gasteiger partial charge in [-0.05, 0) is 82.9 Å². The maximum atomic E-state index is 14.2. The fourth-order valence-electron chi connectivity index (χ4n) is 4.60. The Kier molecular flexibility index (Phi) is 9.98. The SMILES string of the molecule is CCCC(C)NC(=O)C(c1cccc(C)c1C)N(C(=O)C(NC(=O)OC(C)(C)C)C(C)C)C1CC1C. The van der Waals surface area contributed by atoms with Crippen LogP contribution in [0.5, 0.6) is 0 Å². The summed E-state index contributed by atoms with van der Waals surface area (Å²) in [5, 5.41) is 5.95. The lowest BCUT2D eigenvalue weighted by molar-refractivity contribution is -0.144. The third kappa shape index (κ3) is 7.71. The molecule has 3 amide bonds. The van der Waals surface area contributed by atoms with Gasteiger partial charge in [0.05, 0.1) is 0 Å². The number of carbonyl (C=O) groups is 3. The highest BCUT2D eigenvalue weighted by Crippen LogP contribution is 2.42. The van der Waals surface area contributed by atoms with Crippen molar-refractivity contribution in [2.45, 2.75) is 118 Å². The van der Waals surface area contributed by atoms with Crippen LogP contribution < -0.4 is 10.6 Å². The molecule has 36 heavy (non-hydrogen) atoms. The van der Waals surface area contributed by atoms with Gasteiger partial charge in [0, 0.05) is 12.1 Å². The summed E-state index contributed by atoms with van der Waals surface area (Å²) in [5.41, 5.74) is 2.20. The first-order valence-electron chi connectivity index (χ1n) is 13.4. The second-order valence-electron chi connectivity index (χ2n) is 11.8. The molecule has 1 aromatic rings. The normalized spacial score (nSPS) is 19.8. The second kappa shape index (κ2) is 12.1. The number of hydrogen-bond donors (Lipinski definition) is 2. The molecule has 5 atom stereocenters. The zero-order valence-electron chi connectivity index (χ0n) is 23.9. The number of carbonyl (C=O) groups excluding carboxylic acids is 3. The smallest absolute Gasteiger partial charge is 0.408 e. The molecule has 1 saturated carbocycles. The molecule has 0 aliphatic heterocycles. The van der Waals surface area contributed by atoms with Crippen molar-refractivity contribution >= 4 is 17.9 Å². The molecule has 1 aliphatic carbocycles. The number of nitrogens with one attached hydrogen (secondary N) is 2. The molecule has 5 unspecified atom stereocenters. The van der Waals surface area contributed by atoms with Crippen molar-refractivity contribution in [2.24, 2.45) is 11.8 Å². The third-order valence-corrected chi connectivity index (χ3v) is 6.86. The molecule has 0 heterocycles. The molecule has 7 heteroatoms. The van der Waals surface area contributed by atoms with Gasteiger partial charge in [-0.25, -0.2) is 4.79 Å². The first kappa shape index (κ1) is 29.7. The number of aryl methyl sites for hydroxylation is 1. The summed E-state index contributed by atoms with van der Waals surface area (Å²) in [6, 6.07) is 4.21. The van der Waals surface area contributed by atoms with Crippen molar-refractivity contribution in [1.82, 2.24) is 15.5 Å². The van der Waals surface area contributed by atoms with Crippen LogP contribution in [0.15, 0.2) is 18.2 Å². The van der Waals surface area contributed by atoms with Crippen LogP contribution in [0.2, 0.25) is 0 Å². The molecule has 1 fully saturated rings. The Morgan fingerprint density at radius 2 is 1.72 bits per heavy atom. The molecule has 1 aliphatic rings. The Balaban J connectivity index is 2.53. The van der Waals surface area contributed by atoms with Crippen LogP contribution >= 0.6 is 0 Å². The molecule has 7 nitrogen and oxygen atoms in total. The predicted molar refractivity (Wildman–Crippen MR) is 144 cm³/mol. The van der Waals surface area contributed by atoms with Crippen LogP contribution in [0.3, 0.4) is 0 Å². The van der Waals surface area contributed by atoms with Gasteiger partial charge >= 0.3 is 6.09 Å². The van der Waals surface area contributed by atoms with E-state index in [0.717, 1.165) is 36.0 Å². The van der Waals surface area contributed by atoms with E-state index in [0.29, 0.717) is 0 Å². The summed E-state index contributed by atoms with van der Waals surface area (Å²) in [6.07, 6.45) is 1.99. The summed E-state index contributed by atoms with van der Waals surface area (Å²) in [4.78, 5) is 42.5. The highest BCUT2D eigenvalue weighted by Gasteiger charge is 2.49. The Labute approximate surface area is 217 Å². The van der Waals surface area contributed by atoms with Crippen LogP contribution in [0.1, 0.15) is 97.4 Å². The number of alkyl carbamates (subject to hydrolysis) is 1. The summed E-state index contributed by atoms with van der Waals surface area (Å²) >= 11 is 0. The van der Waals surface area contributed by atoms with Crippen LogP contribution in [-0.4, -0.2) is 46.5 Å². The van der Waals surface area contributed by atoms with Crippen molar-refractivity contribution in [3.8, 4) is 0 Å². The zero-order chi connectivity index (χ0) is 27.4. The Hall–Kier alpha value is -2.57. The van der Waals surface area contributed by atoms with Crippen LogP contribution in [0.25, 0.3) is 0 Å².